The van der Waals surface area contributed by atoms with Crippen LogP contribution in [-0.4, -0.2) is 7.11 Å². The lowest BCUT2D eigenvalue weighted by molar-refractivity contribution is 0.415. The summed E-state index contributed by atoms with van der Waals surface area (Å²) in [5, 5.41) is 0. The van der Waals surface area contributed by atoms with E-state index in [0.29, 0.717) is 5.92 Å². The molecule has 1 aliphatic carbocycles. The summed E-state index contributed by atoms with van der Waals surface area (Å²) in [4.78, 5) is 0. The Bertz CT molecular complexity index is 1620. The zero-order chi connectivity index (χ0) is 27.3. The molecule has 0 N–H and O–H groups in total. The standard InChI is InChI=1S/C38H32O2/c1-27-3-5-28(6-4-27)29-7-9-30(10-8-29)31-11-13-32(14-12-31)34-17-23-37(24-18-34)40-38-25-19-35(20-26-38)33-15-21-36(39-2)22-16-33/h3-9,11-26,30H,10H2,1-2H3. The first kappa shape index (κ1) is 25.5. The van der Waals surface area contributed by atoms with E-state index in [0.717, 1.165) is 34.8 Å². The molecular weight excluding hydrogens is 488 g/mol. The lowest BCUT2D eigenvalue weighted by atomic mass is 9.87. The molecule has 0 aromatic heterocycles. The Labute approximate surface area is 236 Å². The van der Waals surface area contributed by atoms with Gasteiger partial charge in [-0.15, -0.1) is 0 Å². The van der Waals surface area contributed by atoms with Gasteiger partial charge in [0.05, 0.1) is 7.11 Å². The minimum absolute atomic E-state index is 0.412. The predicted octanol–water partition coefficient (Wildman–Crippen LogP) is 10.3. The molecular formula is C38H32O2. The highest BCUT2D eigenvalue weighted by Gasteiger charge is 2.12. The van der Waals surface area contributed by atoms with Crippen molar-refractivity contribution in [2.45, 2.75) is 19.3 Å². The van der Waals surface area contributed by atoms with E-state index < -0.39 is 0 Å². The number of methoxy groups -OCH3 is 1. The molecule has 0 fully saturated rings. The second-order valence-electron chi connectivity index (χ2n) is 10.2. The van der Waals surface area contributed by atoms with E-state index in [1.54, 1.807) is 7.11 Å². The smallest absolute Gasteiger partial charge is 0.127 e. The van der Waals surface area contributed by atoms with Crippen LogP contribution in [0.1, 0.15) is 29.0 Å². The number of hydrogen-bond acceptors (Lipinski definition) is 2. The van der Waals surface area contributed by atoms with Gasteiger partial charge in [0.1, 0.15) is 17.2 Å². The van der Waals surface area contributed by atoms with Gasteiger partial charge in [0.15, 0.2) is 0 Å². The summed E-state index contributed by atoms with van der Waals surface area (Å²) in [6, 6.07) is 42.2. The molecule has 2 heteroatoms. The molecule has 0 saturated carbocycles. The number of ether oxygens (including phenoxy) is 2. The first-order valence-electron chi connectivity index (χ1n) is 13.7. The van der Waals surface area contributed by atoms with Gasteiger partial charge < -0.3 is 9.47 Å². The van der Waals surface area contributed by atoms with Crippen LogP contribution >= 0.6 is 0 Å². The van der Waals surface area contributed by atoms with E-state index in [2.05, 4.69) is 110 Å². The molecule has 5 aromatic carbocycles. The molecule has 0 amide bonds. The van der Waals surface area contributed by atoms with E-state index in [4.69, 9.17) is 9.47 Å². The van der Waals surface area contributed by atoms with Gasteiger partial charge in [0.25, 0.3) is 0 Å². The number of hydrogen-bond donors (Lipinski definition) is 0. The molecule has 0 bridgehead atoms. The number of aryl methyl sites for hydroxylation is 1. The molecule has 0 heterocycles. The van der Waals surface area contributed by atoms with Crippen molar-refractivity contribution >= 4 is 5.57 Å². The molecule has 1 atom stereocenters. The monoisotopic (exact) mass is 520 g/mol. The molecule has 0 aliphatic heterocycles. The van der Waals surface area contributed by atoms with Crippen LogP contribution in [-0.2, 0) is 0 Å². The third kappa shape index (κ3) is 5.77. The average Bonchev–Trinajstić information content (AvgIpc) is 3.02. The Hall–Kier alpha value is -4.82. The van der Waals surface area contributed by atoms with Crippen LogP contribution in [0.4, 0.5) is 0 Å². The van der Waals surface area contributed by atoms with Gasteiger partial charge in [0.2, 0.25) is 0 Å². The van der Waals surface area contributed by atoms with Crippen molar-refractivity contribution in [1.82, 2.24) is 0 Å². The first-order chi connectivity index (χ1) is 19.6. The third-order valence-corrected chi connectivity index (χ3v) is 7.52. The highest BCUT2D eigenvalue weighted by atomic mass is 16.5. The average molecular weight is 521 g/mol. The van der Waals surface area contributed by atoms with Crippen molar-refractivity contribution in [2.75, 3.05) is 7.11 Å². The lowest BCUT2D eigenvalue weighted by Crippen LogP contribution is -1.98. The molecule has 5 aromatic rings. The van der Waals surface area contributed by atoms with Crippen molar-refractivity contribution in [3.8, 4) is 39.5 Å². The van der Waals surface area contributed by atoms with Crippen LogP contribution in [0, 0.1) is 6.92 Å². The number of rotatable bonds is 7. The molecule has 2 nitrogen and oxygen atoms in total. The highest BCUT2D eigenvalue weighted by Crippen LogP contribution is 2.33. The van der Waals surface area contributed by atoms with Gasteiger partial charge >= 0.3 is 0 Å². The summed E-state index contributed by atoms with van der Waals surface area (Å²) in [5.74, 6) is 2.90. The lowest BCUT2D eigenvalue weighted by Gasteiger charge is -2.17. The zero-order valence-corrected chi connectivity index (χ0v) is 22.9. The summed E-state index contributed by atoms with van der Waals surface area (Å²) in [7, 11) is 1.68. The second kappa shape index (κ2) is 11.5. The fourth-order valence-electron chi connectivity index (χ4n) is 5.10. The maximum Gasteiger partial charge on any atom is 0.127 e. The molecule has 0 saturated heterocycles. The molecule has 6 rings (SSSR count). The van der Waals surface area contributed by atoms with Gasteiger partial charge in [-0.25, -0.2) is 0 Å². The van der Waals surface area contributed by atoms with Crippen molar-refractivity contribution in [3.05, 3.63) is 156 Å². The largest absolute Gasteiger partial charge is 0.497 e. The Morgan fingerprint density at radius 1 is 0.525 bits per heavy atom. The molecule has 0 radical (unpaired) electrons. The van der Waals surface area contributed by atoms with Crippen LogP contribution in [0.2, 0.25) is 0 Å². The van der Waals surface area contributed by atoms with Crippen LogP contribution < -0.4 is 9.47 Å². The van der Waals surface area contributed by atoms with Crippen molar-refractivity contribution in [1.29, 1.82) is 0 Å². The van der Waals surface area contributed by atoms with Gasteiger partial charge in [-0.1, -0.05) is 109 Å². The third-order valence-electron chi connectivity index (χ3n) is 7.52. The second-order valence-corrected chi connectivity index (χ2v) is 10.2. The fourth-order valence-corrected chi connectivity index (χ4v) is 5.10. The molecule has 0 spiro atoms. The summed E-state index contributed by atoms with van der Waals surface area (Å²) in [6.07, 6.45) is 7.97. The minimum atomic E-state index is 0.412. The zero-order valence-electron chi connectivity index (χ0n) is 22.9. The van der Waals surface area contributed by atoms with Crippen molar-refractivity contribution in [3.63, 3.8) is 0 Å². The van der Waals surface area contributed by atoms with Crippen LogP contribution in [0.15, 0.2) is 140 Å². The van der Waals surface area contributed by atoms with E-state index in [1.807, 2.05) is 36.4 Å². The van der Waals surface area contributed by atoms with Crippen LogP contribution in [0.5, 0.6) is 17.2 Å². The Morgan fingerprint density at radius 2 is 0.975 bits per heavy atom. The summed E-state index contributed by atoms with van der Waals surface area (Å²) in [6.45, 7) is 2.13. The summed E-state index contributed by atoms with van der Waals surface area (Å²) < 4.78 is 11.4. The Kier molecular flexibility index (Phi) is 7.32. The number of benzene rings is 5. The molecule has 196 valence electrons. The molecule has 1 unspecified atom stereocenters. The van der Waals surface area contributed by atoms with E-state index in [1.165, 1.54) is 33.4 Å². The van der Waals surface area contributed by atoms with Crippen molar-refractivity contribution < 1.29 is 9.47 Å². The molecule has 40 heavy (non-hydrogen) atoms. The predicted molar refractivity (Wildman–Crippen MR) is 166 cm³/mol. The first-order valence-corrected chi connectivity index (χ1v) is 13.7. The van der Waals surface area contributed by atoms with E-state index >= 15 is 0 Å². The quantitative estimate of drug-likeness (QED) is 0.212. The van der Waals surface area contributed by atoms with Gasteiger partial charge in [-0.3, -0.25) is 0 Å². The van der Waals surface area contributed by atoms with E-state index in [-0.39, 0.29) is 0 Å². The fraction of sp³-hybridized carbons (Fsp3) is 0.105. The Balaban J connectivity index is 1.07. The topological polar surface area (TPSA) is 18.5 Å². The summed E-state index contributed by atoms with van der Waals surface area (Å²) in [5.41, 5.74) is 9.89. The number of allylic oxidation sites excluding steroid dienone is 4. The normalized spacial score (nSPS) is 14.4. The SMILES string of the molecule is COc1ccc(-c2ccc(Oc3ccc(-c4ccc(C5C=CC(c6ccc(C)cc6)=CC5)cc4)cc3)cc2)cc1. The minimum Gasteiger partial charge on any atom is -0.497 e. The van der Waals surface area contributed by atoms with Crippen molar-refractivity contribution in [2.24, 2.45) is 0 Å². The van der Waals surface area contributed by atoms with Gasteiger partial charge in [-0.05, 0) is 88.7 Å². The van der Waals surface area contributed by atoms with Gasteiger partial charge in [0, 0.05) is 5.92 Å². The highest BCUT2D eigenvalue weighted by molar-refractivity contribution is 5.75. The summed E-state index contributed by atoms with van der Waals surface area (Å²) >= 11 is 0. The van der Waals surface area contributed by atoms with Crippen LogP contribution in [0.25, 0.3) is 27.8 Å². The van der Waals surface area contributed by atoms with E-state index in [9.17, 15) is 0 Å². The maximum atomic E-state index is 6.11. The Morgan fingerprint density at radius 3 is 1.43 bits per heavy atom. The van der Waals surface area contributed by atoms with Crippen LogP contribution in [0.3, 0.4) is 0 Å². The van der Waals surface area contributed by atoms with Gasteiger partial charge in [-0.2, -0.15) is 0 Å². The molecule has 1 aliphatic rings. The maximum absolute atomic E-state index is 6.11.